The van der Waals surface area contributed by atoms with E-state index >= 15 is 0 Å². The highest BCUT2D eigenvalue weighted by Crippen LogP contribution is 2.08. The van der Waals surface area contributed by atoms with Crippen LogP contribution >= 0.6 is 11.8 Å². The molecule has 0 spiro atoms. The van der Waals surface area contributed by atoms with Crippen LogP contribution in [0.5, 0.6) is 0 Å². The minimum absolute atomic E-state index is 0.889. The van der Waals surface area contributed by atoms with Gasteiger partial charge in [0.05, 0.1) is 5.69 Å². The summed E-state index contributed by atoms with van der Waals surface area (Å²) in [6.07, 6.45) is 4.94. The summed E-state index contributed by atoms with van der Waals surface area (Å²) in [6, 6.07) is 0. The standard InChI is InChI=1S/C10H17NOS/c1-3-6-13-7-5-10-11-9(4-2)8-12-10/h8H,3-7H2,1-2H3. The van der Waals surface area contributed by atoms with Gasteiger partial charge in [0.25, 0.3) is 0 Å². The Balaban J connectivity index is 2.20. The molecule has 0 fully saturated rings. The average Bonchev–Trinajstić information content (AvgIpc) is 2.60. The molecule has 0 aliphatic heterocycles. The van der Waals surface area contributed by atoms with Crippen molar-refractivity contribution in [2.45, 2.75) is 33.1 Å². The van der Waals surface area contributed by atoms with Crippen LogP contribution < -0.4 is 0 Å². The molecular formula is C10H17NOS. The van der Waals surface area contributed by atoms with Crippen LogP contribution in [0.4, 0.5) is 0 Å². The largest absolute Gasteiger partial charge is 0.449 e. The molecule has 0 aliphatic carbocycles. The predicted octanol–water partition coefficient (Wildman–Crippen LogP) is 2.92. The van der Waals surface area contributed by atoms with E-state index in [2.05, 4.69) is 18.8 Å². The van der Waals surface area contributed by atoms with Gasteiger partial charge in [-0.15, -0.1) is 0 Å². The van der Waals surface area contributed by atoms with Crippen LogP contribution in [0.15, 0.2) is 10.7 Å². The Morgan fingerprint density at radius 2 is 2.23 bits per heavy atom. The number of nitrogens with zero attached hydrogens (tertiary/aromatic N) is 1. The number of aryl methyl sites for hydroxylation is 2. The van der Waals surface area contributed by atoms with Crippen molar-refractivity contribution in [3.8, 4) is 0 Å². The summed E-state index contributed by atoms with van der Waals surface area (Å²) in [4.78, 5) is 4.35. The lowest BCUT2D eigenvalue weighted by molar-refractivity contribution is 0.502. The first-order valence-corrected chi connectivity index (χ1v) is 6.03. The average molecular weight is 199 g/mol. The molecule has 1 aromatic heterocycles. The van der Waals surface area contributed by atoms with E-state index in [0.29, 0.717) is 0 Å². The Morgan fingerprint density at radius 3 is 2.85 bits per heavy atom. The molecule has 0 bridgehead atoms. The van der Waals surface area contributed by atoms with Crippen molar-refractivity contribution in [1.29, 1.82) is 0 Å². The minimum atomic E-state index is 0.889. The summed E-state index contributed by atoms with van der Waals surface area (Å²) in [5, 5.41) is 0. The van der Waals surface area contributed by atoms with Gasteiger partial charge in [-0.1, -0.05) is 13.8 Å². The Bertz CT molecular complexity index is 235. The number of hydrogen-bond donors (Lipinski definition) is 0. The van der Waals surface area contributed by atoms with Crippen LogP contribution in [-0.2, 0) is 12.8 Å². The molecule has 2 nitrogen and oxygen atoms in total. The third-order valence-corrected chi connectivity index (χ3v) is 2.96. The van der Waals surface area contributed by atoms with Gasteiger partial charge in [-0.3, -0.25) is 0 Å². The topological polar surface area (TPSA) is 26.0 Å². The molecule has 3 heteroatoms. The molecule has 1 aromatic rings. The summed E-state index contributed by atoms with van der Waals surface area (Å²) in [6.45, 7) is 4.29. The molecule has 0 radical (unpaired) electrons. The van der Waals surface area contributed by atoms with Crippen molar-refractivity contribution in [3.05, 3.63) is 17.8 Å². The van der Waals surface area contributed by atoms with Crippen molar-refractivity contribution in [2.75, 3.05) is 11.5 Å². The highest BCUT2D eigenvalue weighted by molar-refractivity contribution is 7.99. The second-order valence-electron chi connectivity index (χ2n) is 2.95. The van der Waals surface area contributed by atoms with Gasteiger partial charge in [-0.2, -0.15) is 11.8 Å². The lowest BCUT2D eigenvalue weighted by Crippen LogP contribution is -1.90. The van der Waals surface area contributed by atoms with Crippen LogP contribution in [-0.4, -0.2) is 16.5 Å². The Morgan fingerprint density at radius 1 is 1.38 bits per heavy atom. The highest BCUT2D eigenvalue weighted by atomic mass is 32.2. The van der Waals surface area contributed by atoms with Gasteiger partial charge in [0.15, 0.2) is 5.89 Å². The van der Waals surface area contributed by atoms with E-state index in [0.717, 1.165) is 30.2 Å². The molecule has 0 unspecified atom stereocenters. The van der Waals surface area contributed by atoms with E-state index in [-0.39, 0.29) is 0 Å². The summed E-state index contributed by atoms with van der Waals surface area (Å²) < 4.78 is 5.31. The zero-order chi connectivity index (χ0) is 9.52. The molecule has 13 heavy (non-hydrogen) atoms. The Hall–Kier alpha value is -0.440. The lowest BCUT2D eigenvalue weighted by atomic mass is 10.4. The van der Waals surface area contributed by atoms with Crippen LogP contribution in [0.1, 0.15) is 31.9 Å². The maximum atomic E-state index is 5.31. The molecule has 0 saturated carbocycles. The molecule has 0 amide bonds. The fraction of sp³-hybridized carbons (Fsp3) is 0.700. The molecule has 0 atom stereocenters. The quantitative estimate of drug-likeness (QED) is 0.659. The van der Waals surface area contributed by atoms with E-state index in [1.165, 1.54) is 12.2 Å². The van der Waals surface area contributed by atoms with Crippen LogP contribution in [0, 0.1) is 0 Å². The second kappa shape index (κ2) is 6.08. The predicted molar refractivity (Wildman–Crippen MR) is 57.2 cm³/mol. The third-order valence-electron chi connectivity index (χ3n) is 1.77. The monoisotopic (exact) mass is 199 g/mol. The smallest absolute Gasteiger partial charge is 0.195 e. The molecule has 0 aromatic carbocycles. The Kier molecular flexibility index (Phi) is 4.98. The van der Waals surface area contributed by atoms with Crippen LogP contribution in [0.2, 0.25) is 0 Å². The van der Waals surface area contributed by atoms with Crippen molar-refractivity contribution in [1.82, 2.24) is 4.98 Å². The molecule has 1 rings (SSSR count). The van der Waals surface area contributed by atoms with Gasteiger partial charge in [0.1, 0.15) is 6.26 Å². The van der Waals surface area contributed by atoms with Crippen molar-refractivity contribution < 1.29 is 4.42 Å². The lowest BCUT2D eigenvalue weighted by Gasteiger charge is -1.95. The molecule has 0 saturated heterocycles. The number of thioether (sulfide) groups is 1. The summed E-state index contributed by atoms with van der Waals surface area (Å²) >= 11 is 1.96. The van der Waals surface area contributed by atoms with Crippen molar-refractivity contribution >= 4 is 11.8 Å². The van der Waals surface area contributed by atoms with Gasteiger partial charge < -0.3 is 4.42 Å². The summed E-state index contributed by atoms with van der Waals surface area (Å²) in [7, 11) is 0. The normalized spacial score (nSPS) is 10.6. The van der Waals surface area contributed by atoms with E-state index in [1.54, 1.807) is 6.26 Å². The molecule has 0 aliphatic rings. The van der Waals surface area contributed by atoms with Crippen molar-refractivity contribution in [3.63, 3.8) is 0 Å². The first-order chi connectivity index (χ1) is 6.36. The molecule has 74 valence electrons. The second-order valence-corrected chi connectivity index (χ2v) is 4.17. The zero-order valence-corrected chi connectivity index (χ0v) is 9.19. The van der Waals surface area contributed by atoms with Gasteiger partial charge >= 0.3 is 0 Å². The zero-order valence-electron chi connectivity index (χ0n) is 8.38. The van der Waals surface area contributed by atoms with Crippen LogP contribution in [0.25, 0.3) is 0 Å². The molecule has 0 N–H and O–H groups in total. The van der Waals surface area contributed by atoms with E-state index in [4.69, 9.17) is 4.42 Å². The van der Waals surface area contributed by atoms with E-state index < -0.39 is 0 Å². The maximum absolute atomic E-state index is 5.31. The van der Waals surface area contributed by atoms with E-state index in [9.17, 15) is 0 Å². The first kappa shape index (κ1) is 10.6. The summed E-state index contributed by atoms with van der Waals surface area (Å²) in [5.74, 6) is 3.25. The SMILES string of the molecule is CCCSCCc1nc(CC)co1. The maximum Gasteiger partial charge on any atom is 0.195 e. The third kappa shape index (κ3) is 3.85. The first-order valence-electron chi connectivity index (χ1n) is 4.87. The number of hydrogen-bond acceptors (Lipinski definition) is 3. The van der Waals surface area contributed by atoms with Crippen LogP contribution in [0.3, 0.4) is 0 Å². The Labute approximate surface area is 84.1 Å². The van der Waals surface area contributed by atoms with Crippen molar-refractivity contribution in [2.24, 2.45) is 0 Å². The highest BCUT2D eigenvalue weighted by Gasteiger charge is 2.01. The van der Waals surface area contributed by atoms with Gasteiger partial charge in [0.2, 0.25) is 0 Å². The molecule has 1 heterocycles. The number of oxazole rings is 1. The summed E-state index contributed by atoms with van der Waals surface area (Å²) in [5.41, 5.74) is 1.07. The fourth-order valence-corrected chi connectivity index (χ4v) is 1.84. The van der Waals surface area contributed by atoms with Gasteiger partial charge in [-0.05, 0) is 18.6 Å². The number of aromatic nitrogens is 1. The van der Waals surface area contributed by atoms with E-state index in [1.807, 2.05) is 11.8 Å². The van der Waals surface area contributed by atoms with Gasteiger partial charge in [-0.25, -0.2) is 4.98 Å². The number of rotatable bonds is 6. The van der Waals surface area contributed by atoms with Gasteiger partial charge in [0, 0.05) is 12.2 Å². The fourth-order valence-electron chi connectivity index (χ4n) is 1.03. The molecular weight excluding hydrogens is 182 g/mol. The minimum Gasteiger partial charge on any atom is -0.449 e.